The van der Waals surface area contributed by atoms with Gasteiger partial charge in [0.1, 0.15) is 17.0 Å². The summed E-state index contributed by atoms with van der Waals surface area (Å²) in [6, 6.07) is 23.6. The van der Waals surface area contributed by atoms with E-state index in [1.807, 2.05) is 120 Å². The van der Waals surface area contributed by atoms with Gasteiger partial charge < -0.3 is 24.6 Å². The highest BCUT2D eigenvalue weighted by Crippen LogP contribution is 2.34. The molecule has 10 nitrogen and oxygen atoms in total. The number of carbonyl (C=O) groups is 3. The van der Waals surface area contributed by atoms with Gasteiger partial charge in [-0.2, -0.15) is 0 Å². The van der Waals surface area contributed by atoms with Crippen LogP contribution in [0.25, 0.3) is 46.1 Å². The molecule has 324 valence electrons. The first kappa shape index (κ1) is 46.3. The highest BCUT2D eigenvalue weighted by Gasteiger charge is 2.33. The monoisotopic (exact) mass is 828 g/mol. The number of carbonyl (C=O) groups excluding carboxylic acids is 3. The highest BCUT2D eigenvalue weighted by molar-refractivity contribution is 6.03. The maximum absolute atomic E-state index is 12.6. The van der Waals surface area contributed by atoms with Crippen molar-refractivity contribution in [3.8, 4) is 33.9 Å². The third kappa shape index (κ3) is 15.3. The van der Waals surface area contributed by atoms with Crippen molar-refractivity contribution in [2.45, 2.75) is 136 Å². The van der Waals surface area contributed by atoms with Gasteiger partial charge in [0.15, 0.2) is 0 Å². The van der Waals surface area contributed by atoms with Gasteiger partial charge >= 0.3 is 11.9 Å². The second-order valence-electron chi connectivity index (χ2n) is 17.7. The van der Waals surface area contributed by atoms with Crippen LogP contribution >= 0.6 is 0 Å². The second-order valence-corrected chi connectivity index (χ2v) is 17.7. The van der Waals surface area contributed by atoms with Gasteiger partial charge in [0.25, 0.3) is 0 Å². The Bertz CT molecular complexity index is 2130. The van der Waals surface area contributed by atoms with Crippen molar-refractivity contribution in [2.24, 2.45) is 5.16 Å². The largest absolute Gasteiger partial charge is 0.457 e. The lowest BCUT2D eigenvalue weighted by molar-refractivity contribution is -0.166. The van der Waals surface area contributed by atoms with Crippen LogP contribution in [0.1, 0.15) is 136 Å². The van der Waals surface area contributed by atoms with Crippen LogP contribution in [0.2, 0.25) is 0 Å². The first-order valence-electron chi connectivity index (χ1n) is 21.9. The number of rotatable bonds is 20. The maximum Gasteiger partial charge on any atom is 0.351 e. The Morgan fingerprint density at radius 1 is 0.689 bits per heavy atom. The molecule has 1 atom stereocenters. The number of unbranched alkanes of at least 4 members (excludes halogenated alkanes) is 9. The molecule has 2 heterocycles. The van der Waals surface area contributed by atoms with Gasteiger partial charge in [-0.1, -0.05) is 143 Å². The van der Waals surface area contributed by atoms with Crippen molar-refractivity contribution in [1.29, 1.82) is 0 Å². The van der Waals surface area contributed by atoms with Crippen molar-refractivity contribution in [1.82, 2.24) is 15.3 Å². The van der Waals surface area contributed by atoms with Crippen molar-refractivity contribution >= 4 is 35.7 Å². The average molecular weight is 829 g/mol. The summed E-state index contributed by atoms with van der Waals surface area (Å²) in [7, 11) is 0. The van der Waals surface area contributed by atoms with E-state index in [4.69, 9.17) is 19.3 Å². The topological polar surface area (TPSA) is 132 Å². The summed E-state index contributed by atoms with van der Waals surface area (Å²) in [6.45, 7) is 13.9. The van der Waals surface area contributed by atoms with Crippen molar-refractivity contribution in [3.63, 3.8) is 0 Å². The summed E-state index contributed by atoms with van der Waals surface area (Å²) in [5.41, 5.74) is 6.33. The van der Waals surface area contributed by atoms with Crippen molar-refractivity contribution in [2.75, 3.05) is 6.54 Å². The Labute approximate surface area is 362 Å². The molecular formula is C51H64N4O6. The summed E-state index contributed by atoms with van der Waals surface area (Å²) in [5.74, 6) is -0.258. The van der Waals surface area contributed by atoms with E-state index in [2.05, 4.69) is 22.4 Å². The molecule has 0 radical (unpaired) electrons. The van der Waals surface area contributed by atoms with Crippen LogP contribution in [-0.2, 0) is 28.7 Å². The number of oxime groups is 1. The van der Waals surface area contributed by atoms with Crippen LogP contribution < -0.4 is 5.32 Å². The molecule has 10 heteroatoms. The third-order valence-corrected chi connectivity index (χ3v) is 9.99. The first-order valence-corrected chi connectivity index (χ1v) is 21.9. The van der Waals surface area contributed by atoms with E-state index < -0.39 is 29.2 Å². The van der Waals surface area contributed by atoms with Gasteiger partial charge in [-0.3, -0.25) is 4.79 Å². The Balaban J connectivity index is 1.26. The Morgan fingerprint density at radius 3 is 1.80 bits per heavy atom. The molecule has 0 saturated heterocycles. The predicted octanol–water partition coefficient (Wildman–Crippen LogP) is 11.7. The maximum atomic E-state index is 12.6. The number of nitrogens with one attached hydrogen (secondary N) is 2. The molecule has 1 aliphatic heterocycles. The lowest BCUT2D eigenvalue weighted by atomic mass is 10.0. The molecule has 0 fully saturated rings. The molecule has 5 rings (SSSR count). The SMILES string of the molecule is CCCCCCCCCCCCNC(=O)C=Cc1ccc(-c2nc(-c3ccc(C4=NOC(C(=O)OC(C)(C)C)C4)cc3)[nH]c2-c2ccc(/C=C/C(=O)OC(C)(C)C)cc2)cc1. The summed E-state index contributed by atoms with van der Waals surface area (Å²) < 4.78 is 10.9. The summed E-state index contributed by atoms with van der Waals surface area (Å²) >= 11 is 0. The van der Waals surface area contributed by atoms with E-state index in [1.165, 1.54) is 57.4 Å². The number of nitrogens with zero attached hydrogens (tertiary/aromatic N) is 2. The third-order valence-electron chi connectivity index (χ3n) is 9.99. The molecule has 1 amide bonds. The van der Waals surface area contributed by atoms with Gasteiger partial charge in [-0.05, 0) is 76.8 Å². The molecule has 61 heavy (non-hydrogen) atoms. The number of H-pyrrole nitrogens is 1. The molecule has 0 aliphatic carbocycles. The lowest BCUT2D eigenvalue weighted by Crippen LogP contribution is -2.32. The predicted molar refractivity (Wildman–Crippen MR) is 246 cm³/mol. The number of aromatic nitrogens is 2. The molecule has 2 N–H and O–H groups in total. The summed E-state index contributed by atoms with van der Waals surface area (Å²) in [5, 5.41) is 7.20. The normalized spacial score (nSPS) is 14.3. The minimum absolute atomic E-state index is 0.0926. The van der Waals surface area contributed by atoms with Crippen LogP contribution in [0, 0.1) is 0 Å². The smallest absolute Gasteiger partial charge is 0.351 e. The van der Waals surface area contributed by atoms with Crippen molar-refractivity contribution in [3.05, 3.63) is 102 Å². The van der Waals surface area contributed by atoms with Crippen molar-refractivity contribution < 1.29 is 28.7 Å². The highest BCUT2D eigenvalue weighted by atomic mass is 16.7. The fourth-order valence-electron chi connectivity index (χ4n) is 6.86. The number of imidazole rings is 1. The molecule has 1 aliphatic rings. The molecule has 1 aromatic heterocycles. The number of ether oxygens (including phenoxy) is 2. The van der Waals surface area contributed by atoms with Gasteiger partial charge in [0, 0.05) is 41.8 Å². The Kier molecular flexibility index (Phi) is 16.8. The van der Waals surface area contributed by atoms with Crippen LogP contribution in [0.4, 0.5) is 0 Å². The Hall–Kier alpha value is -5.77. The Morgan fingerprint density at radius 2 is 1.21 bits per heavy atom. The van der Waals surface area contributed by atoms with Gasteiger partial charge in [0.05, 0.1) is 17.1 Å². The molecular weight excluding hydrogens is 765 g/mol. The van der Waals surface area contributed by atoms with E-state index in [-0.39, 0.29) is 5.91 Å². The number of aromatic amines is 1. The van der Waals surface area contributed by atoms with E-state index in [9.17, 15) is 14.4 Å². The molecule has 0 spiro atoms. The average Bonchev–Trinajstić information content (AvgIpc) is 3.90. The number of benzene rings is 3. The molecule has 3 aromatic carbocycles. The van der Waals surface area contributed by atoms with Crippen LogP contribution in [0.15, 0.2) is 90.1 Å². The van der Waals surface area contributed by atoms with Gasteiger partial charge in [-0.25, -0.2) is 14.6 Å². The molecule has 0 bridgehead atoms. The summed E-state index contributed by atoms with van der Waals surface area (Å²) in [4.78, 5) is 51.5. The van der Waals surface area contributed by atoms with E-state index in [1.54, 1.807) is 12.2 Å². The fraction of sp³-hybridized carbons (Fsp3) is 0.431. The number of hydrogen-bond acceptors (Lipinski definition) is 8. The number of esters is 2. The first-order chi connectivity index (χ1) is 29.2. The minimum Gasteiger partial charge on any atom is -0.457 e. The van der Waals surface area contributed by atoms with E-state index in [0.29, 0.717) is 24.5 Å². The van der Waals surface area contributed by atoms with E-state index >= 15 is 0 Å². The quantitative estimate of drug-likeness (QED) is 0.0515. The minimum atomic E-state index is -0.776. The van der Waals surface area contributed by atoms with Crippen LogP contribution in [-0.4, -0.2) is 57.4 Å². The van der Waals surface area contributed by atoms with Crippen LogP contribution in [0.5, 0.6) is 0 Å². The number of hydrogen-bond donors (Lipinski definition) is 2. The molecule has 0 saturated carbocycles. The van der Waals surface area contributed by atoms with Gasteiger partial charge in [-0.15, -0.1) is 0 Å². The molecule has 4 aromatic rings. The lowest BCUT2D eigenvalue weighted by Gasteiger charge is -2.20. The molecule has 1 unspecified atom stereocenters. The summed E-state index contributed by atoms with van der Waals surface area (Å²) in [6.07, 6.45) is 18.8. The zero-order chi connectivity index (χ0) is 43.8. The van der Waals surface area contributed by atoms with Crippen LogP contribution in [0.3, 0.4) is 0 Å². The zero-order valence-corrected chi connectivity index (χ0v) is 37.1. The van der Waals surface area contributed by atoms with E-state index in [0.717, 1.165) is 57.6 Å². The number of amides is 1. The fourth-order valence-corrected chi connectivity index (χ4v) is 6.86. The second kappa shape index (κ2) is 22.2. The standard InChI is InChI=1S/C51H64N4O6/c1-8-9-10-11-12-13-14-15-16-17-34-52-44(56)32-22-36-18-24-39(25-19-36)46-47(40-26-20-37(21-27-40)23-33-45(57)59-50(2,3)4)54-48(53-46)41-30-28-38(29-31-41)42-35-43(61-55-42)49(58)60-51(5,6)7/h18-33,43H,8-17,34-35H2,1-7H3,(H,52,56)(H,53,54)/b32-22?,33-23+. The van der Waals surface area contributed by atoms with Gasteiger partial charge in [0.2, 0.25) is 12.0 Å². The zero-order valence-electron chi connectivity index (χ0n) is 37.1.